The average Bonchev–Trinajstić information content (AvgIpc) is 2.49. The molecule has 0 aliphatic heterocycles. The zero-order valence-corrected chi connectivity index (χ0v) is 15.3. The Morgan fingerprint density at radius 2 is 1.68 bits per heavy atom. The lowest BCUT2D eigenvalue weighted by molar-refractivity contribution is -0.138. The molecule has 0 fully saturated rings. The van der Waals surface area contributed by atoms with E-state index in [1.54, 1.807) is 20.8 Å². The Hall–Kier alpha value is -1.98. The quantitative estimate of drug-likeness (QED) is 0.600. The molecule has 0 heterocycles. The number of carboxylic acids is 2. The molecule has 1 aromatic carbocycles. The van der Waals surface area contributed by atoms with Crippen molar-refractivity contribution in [1.29, 1.82) is 0 Å². The minimum atomic E-state index is -3.94. The van der Waals surface area contributed by atoms with E-state index in [1.165, 1.54) is 24.3 Å². The third-order valence-electron chi connectivity index (χ3n) is 3.86. The Morgan fingerprint density at radius 3 is 2.16 bits per heavy atom. The van der Waals surface area contributed by atoms with E-state index >= 15 is 0 Å². The molecule has 0 saturated carbocycles. The maximum atomic E-state index is 12.4. The molecule has 0 spiro atoms. The summed E-state index contributed by atoms with van der Waals surface area (Å²) >= 11 is 0. The number of aromatic carboxylic acids is 1. The van der Waals surface area contributed by atoms with Crippen LogP contribution in [0.25, 0.3) is 0 Å². The number of Topliss-reactive ketones (excluding diaryl/α,β-unsaturated/α-hetero) is 1. The monoisotopic (exact) mass is 370 g/mol. The van der Waals surface area contributed by atoms with Crippen LogP contribution in [0, 0.1) is 5.41 Å². The fourth-order valence-corrected chi connectivity index (χ4v) is 3.99. The normalized spacial score (nSPS) is 15.2. The van der Waals surface area contributed by atoms with E-state index in [9.17, 15) is 34.1 Å². The summed E-state index contributed by atoms with van der Waals surface area (Å²) in [6.07, 6.45) is -1.09. The van der Waals surface area contributed by atoms with Gasteiger partial charge in [0.15, 0.2) is 0 Å². The van der Waals surface area contributed by atoms with E-state index in [0.29, 0.717) is 0 Å². The van der Waals surface area contributed by atoms with Crippen molar-refractivity contribution in [3.05, 3.63) is 35.4 Å². The summed E-state index contributed by atoms with van der Waals surface area (Å²) in [5, 5.41) is 18.6. The molecule has 25 heavy (non-hydrogen) atoms. The standard InChI is InChI=1S/C17H23O7P/c1-17(2,3)14(18)8-9-25(23,24)10-13(16(21)22)11-6-4-5-7-12(11)15(19)20/h4-7,13H,8-10H2,1-3H3,(H,19,20)(H,21,22)(H,23,24). The molecule has 2 unspecified atom stereocenters. The van der Waals surface area contributed by atoms with Crippen LogP contribution in [0.1, 0.15) is 49.0 Å². The summed E-state index contributed by atoms with van der Waals surface area (Å²) in [4.78, 5) is 44.9. The molecule has 1 aromatic rings. The van der Waals surface area contributed by atoms with Gasteiger partial charge in [-0.05, 0) is 11.6 Å². The van der Waals surface area contributed by atoms with Gasteiger partial charge in [-0.1, -0.05) is 39.0 Å². The van der Waals surface area contributed by atoms with Crippen molar-refractivity contribution in [3.63, 3.8) is 0 Å². The van der Waals surface area contributed by atoms with E-state index < -0.39 is 36.8 Å². The number of ketones is 1. The van der Waals surface area contributed by atoms with Crippen LogP contribution in [0.4, 0.5) is 0 Å². The fraction of sp³-hybridized carbons (Fsp3) is 0.471. The number of rotatable bonds is 8. The van der Waals surface area contributed by atoms with Gasteiger partial charge in [-0.3, -0.25) is 14.2 Å². The summed E-state index contributed by atoms with van der Waals surface area (Å²) in [6.45, 7) is 5.09. The highest BCUT2D eigenvalue weighted by atomic mass is 31.2. The SMILES string of the molecule is CC(C)(C)C(=O)CCP(=O)(O)CC(C(=O)O)c1ccccc1C(=O)O. The van der Waals surface area contributed by atoms with E-state index in [2.05, 4.69) is 0 Å². The Bertz CT molecular complexity index is 718. The zero-order valence-electron chi connectivity index (χ0n) is 14.4. The average molecular weight is 370 g/mol. The third-order valence-corrected chi connectivity index (χ3v) is 5.72. The number of hydrogen-bond acceptors (Lipinski definition) is 4. The molecule has 138 valence electrons. The molecule has 1 rings (SSSR count). The second-order valence-corrected chi connectivity index (χ2v) is 9.46. The molecule has 2 atom stereocenters. The molecule has 0 amide bonds. The van der Waals surface area contributed by atoms with Crippen LogP contribution in [0.5, 0.6) is 0 Å². The van der Waals surface area contributed by atoms with Crippen molar-refractivity contribution in [1.82, 2.24) is 0 Å². The van der Waals surface area contributed by atoms with Gasteiger partial charge in [-0.2, -0.15) is 0 Å². The lowest BCUT2D eigenvalue weighted by atomic mass is 9.89. The largest absolute Gasteiger partial charge is 0.481 e. The van der Waals surface area contributed by atoms with E-state index in [4.69, 9.17) is 0 Å². The number of carboxylic acid groups (broad SMARTS) is 2. The summed E-state index contributed by atoms with van der Waals surface area (Å²) in [7, 11) is -3.94. The highest BCUT2D eigenvalue weighted by Gasteiger charge is 2.33. The molecule has 0 aromatic heterocycles. The molecule has 8 heteroatoms. The lowest BCUT2D eigenvalue weighted by Crippen LogP contribution is -2.23. The summed E-state index contributed by atoms with van der Waals surface area (Å²) < 4.78 is 12.4. The number of benzene rings is 1. The van der Waals surface area contributed by atoms with Crippen LogP contribution >= 0.6 is 7.37 Å². The summed E-state index contributed by atoms with van der Waals surface area (Å²) in [5.74, 6) is -4.32. The van der Waals surface area contributed by atoms with E-state index in [1.807, 2.05) is 0 Å². The van der Waals surface area contributed by atoms with Crippen molar-refractivity contribution in [2.75, 3.05) is 12.3 Å². The van der Waals surface area contributed by atoms with Crippen LogP contribution in [0.2, 0.25) is 0 Å². The first-order valence-electron chi connectivity index (χ1n) is 7.74. The van der Waals surface area contributed by atoms with Crippen molar-refractivity contribution in [2.45, 2.75) is 33.1 Å². The van der Waals surface area contributed by atoms with Crippen LogP contribution in [-0.2, 0) is 14.2 Å². The van der Waals surface area contributed by atoms with Gasteiger partial charge in [-0.25, -0.2) is 4.79 Å². The van der Waals surface area contributed by atoms with Crippen molar-refractivity contribution >= 4 is 25.1 Å². The van der Waals surface area contributed by atoms with Crippen LogP contribution < -0.4 is 0 Å². The van der Waals surface area contributed by atoms with Gasteiger partial charge < -0.3 is 15.1 Å². The van der Waals surface area contributed by atoms with Gasteiger partial charge in [0.25, 0.3) is 0 Å². The minimum Gasteiger partial charge on any atom is -0.481 e. The predicted molar refractivity (Wildman–Crippen MR) is 92.4 cm³/mol. The number of hydrogen-bond donors (Lipinski definition) is 3. The van der Waals surface area contributed by atoms with Gasteiger partial charge in [0.05, 0.1) is 11.5 Å². The highest BCUT2D eigenvalue weighted by Crippen LogP contribution is 2.46. The summed E-state index contributed by atoms with van der Waals surface area (Å²) in [6, 6.07) is 5.50. The predicted octanol–water partition coefficient (Wildman–Crippen LogP) is 2.83. The Balaban J connectivity index is 3.03. The van der Waals surface area contributed by atoms with E-state index in [-0.39, 0.29) is 29.5 Å². The second-order valence-electron chi connectivity index (χ2n) is 6.96. The van der Waals surface area contributed by atoms with Gasteiger partial charge in [0.1, 0.15) is 5.78 Å². The van der Waals surface area contributed by atoms with Gasteiger partial charge in [0.2, 0.25) is 7.37 Å². The van der Waals surface area contributed by atoms with Crippen LogP contribution in [0.3, 0.4) is 0 Å². The molecule has 0 aliphatic carbocycles. The number of aliphatic carboxylic acids is 1. The van der Waals surface area contributed by atoms with Crippen LogP contribution in [0.15, 0.2) is 24.3 Å². The molecular formula is C17H23O7P. The molecule has 7 nitrogen and oxygen atoms in total. The van der Waals surface area contributed by atoms with E-state index in [0.717, 1.165) is 0 Å². The maximum Gasteiger partial charge on any atom is 0.335 e. The lowest BCUT2D eigenvalue weighted by Gasteiger charge is -2.21. The molecule has 0 radical (unpaired) electrons. The molecule has 0 bridgehead atoms. The fourth-order valence-electron chi connectivity index (χ4n) is 2.33. The second kappa shape index (κ2) is 7.93. The highest BCUT2D eigenvalue weighted by molar-refractivity contribution is 7.58. The first-order valence-corrected chi connectivity index (χ1v) is 9.77. The Kier molecular flexibility index (Phi) is 6.68. The number of carbonyl (C=O) groups is 3. The number of carbonyl (C=O) groups excluding carboxylic acids is 1. The van der Waals surface area contributed by atoms with Gasteiger partial charge >= 0.3 is 11.9 Å². The van der Waals surface area contributed by atoms with Crippen molar-refractivity contribution < 1.29 is 34.1 Å². The zero-order chi connectivity index (χ0) is 19.4. The first kappa shape index (κ1) is 21.1. The van der Waals surface area contributed by atoms with Crippen LogP contribution in [-0.4, -0.2) is 45.2 Å². The minimum absolute atomic E-state index is 0.0288. The third kappa shape index (κ3) is 6.11. The molecular weight excluding hydrogens is 347 g/mol. The summed E-state index contributed by atoms with van der Waals surface area (Å²) in [5.41, 5.74) is -0.901. The maximum absolute atomic E-state index is 12.4. The smallest absolute Gasteiger partial charge is 0.335 e. The van der Waals surface area contributed by atoms with Crippen molar-refractivity contribution in [3.8, 4) is 0 Å². The topological polar surface area (TPSA) is 129 Å². The Morgan fingerprint density at radius 1 is 1.12 bits per heavy atom. The van der Waals surface area contributed by atoms with Gasteiger partial charge in [0, 0.05) is 24.2 Å². The molecule has 0 saturated heterocycles. The van der Waals surface area contributed by atoms with Crippen molar-refractivity contribution in [2.24, 2.45) is 5.41 Å². The van der Waals surface area contributed by atoms with Gasteiger partial charge in [-0.15, -0.1) is 0 Å². The Labute approximate surface area is 146 Å². The molecule has 0 aliphatic rings. The first-order chi connectivity index (χ1) is 11.3. The molecule has 3 N–H and O–H groups in total.